The lowest BCUT2D eigenvalue weighted by atomic mass is 9.43. The molecule has 2 aromatic heterocycles. The molecule has 1 amide bonds. The number of fused-ring (bicyclic) bond motifs is 1. The molecule has 0 bridgehead atoms. The Morgan fingerprint density at radius 2 is 2.09 bits per heavy atom. The normalized spacial score (nSPS) is 21.1. The van der Waals surface area contributed by atoms with E-state index < -0.39 is 0 Å². The maximum Gasteiger partial charge on any atom is 0.274 e. The van der Waals surface area contributed by atoms with E-state index in [-0.39, 0.29) is 17.2 Å². The quantitative estimate of drug-likeness (QED) is 0.525. The number of rotatable bonds is 6. The number of nitrogens with zero attached hydrogens (tertiary/aromatic N) is 4. The van der Waals surface area contributed by atoms with Crippen LogP contribution in [-0.2, 0) is 25.3 Å². The fourth-order valence-corrected chi connectivity index (χ4v) is 6.75. The molecule has 3 aliphatic carbocycles. The summed E-state index contributed by atoms with van der Waals surface area (Å²) in [6, 6.07) is 9.86. The van der Waals surface area contributed by atoms with Crippen molar-refractivity contribution in [2.75, 3.05) is 5.32 Å². The molecule has 3 aromatic rings. The van der Waals surface area contributed by atoms with Crippen LogP contribution in [0.5, 0.6) is 0 Å². The first-order valence-electron chi connectivity index (χ1n) is 12.6. The van der Waals surface area contributed by atoms with Gasteiger partial charge in [0.25, 0.3) is 5.91 Å². The fraction of sp³-hybridized carbons (Fsp3) is 0.464. The Labute approximate surface area is 205 Å². The number of benzene rings is 1. The molecule has 1 N–H and O–H groups in total. The third-order valence-electron chi connectivity index (χ3n) is 8.72. The summed E-state index contributed by atoms with van der Waals surface area (Å²) in [7, 11) is 2.00. The summed E-state index contributed by atoms with van der Waals surface area (Å²) in [6.07, 6.45) is 11.5. The van der Waals surface area contributed by atoms with Gasteiger partial charge in [0.1, 0.15) is 24.1 Å². The summed E-state index contributed by atoms with van der Waals surface area (Å²) in [5.41, 5.74) is 5.24. The molecule has 2 saturated carbocycles. The van der Waals surface area contributed by atoms with Crippen LogP contribution in [-0.4, -0.2) is 31.9 Å². The van der Waals surface area contributed by atoms with Crippen molar-refractivity contribution < 1.29 is 9.59 Å². The summed E-state index contributed by atoms with van der Waals surface area (Å²) >= 11 is 0. The van der Waals surface area contributed by atoms with Crippen LogP contribution in [0.1, 0.15) is 94.9 Å². The Hall–Kier alpha value is -3.35. The second-order valence-electron chi connectivity index (χ2n) is 11.1. The van der Waals surface area contributed by atoms with Crippen LogP contribution < -0.4 is 5.32 Å². The number of hydrogen-bond acceptors (Lipinski definition) is 5. The monoisotopic (exact) mass is 469 g/mol. The van der Waals surface area contributed by atoms with Gasteiger partial charge < -0.3 is 9.88 Å². The van der Waals surface area contributed by atoms with E-state index in [1.807, 2.05) is 23.7 Å². The lowest BCUT2D eigenvalue weighted by Crippen LogP contribution is -2.54. The Kier molecular flexibility index (Phi) is 5.13. The van der Waals surface area contributed by atoms with E-state index in [4.69, 9.17) is 0 Å². The van der Waals surface area contributed by atoms with Crippen molar-refractivity contribution in [1.29, 1.82) is 0 Å². The van der Waals surface area contributed by atoms with Gasteiger partial charge in [-0.3, -0.25) is 9.59 Å². The lowest BCUT2D eigenvalue weighted by Gasteiger charge is -2.61. The van der Waals surface area contributed by atoms with Gasteiger partial charge >= 0.3 is 0 Å². The van der Waals surface area contributed by atoms with Crippen molar-refractivity contribution in [2.45, 2.75) is 69.6 Å². The van der Waals surface area contributed by atoms with E-state index >= 15 is 0 Å². The molecule has 2 heterocycles. The highest BCUT2D eigenvalue weighted by molar-refractivity contribution is 6.04. The van der Waals surface area contributed by atoms with Gasteiger partial charge in [-0.15, -0.1) is 10.2 Å². The summed E-state index contributed by atoms with van der Waals surface area (Å²) < 4.78 is 2.00. The number of amides is 1. The molecule has 6 rings (SSSR count). The number of nitrogens with one attached hydrogen (secondary N) is 1. The summed E-state index contributed by atoms with van der Waals surface area (Å²) in [5, 5.41) is 11.5. The number of pyridine rings is 1. The number of aldehydes is 1. The highest BCUT2D eigenvalue weighted by Gasteiger charge is 2.57. The van der Waals surface area contributed by atoms with Crippen LogP contribution >= 0.6 is 0 Å². The highest BCUT2D eigenvalue weighted by atomic mass is 16.2. The van der Waals surface area contributed by atoms with Crippen LogP contribution in [0.2, 0.25) is 0 Å². The first kappa shape index (κ1) is 22.1. The fourth-order valence-electron chi connectivity index (χ4n) is 6.75. The molecule has 1 unspecified atom stereocenters. The molecule has 3 aliphatic rings. The van der Waals surface area contributed by atoms with Crippen LogP contribution in [0.3, 0.4) is 0 Å². The maximum absolute atomic E-state index is 13.2. The third-order valence-corrected chi connectivity index (χ3v) is 8.72. The van der Waals surface area contributed by atoms with E-state index in [1.165, 1.54) is 24.8 Å². The minimum Gasteiger partial charge on any atom is -0.321 e. The second-order valence-corrected chi connectivity index (χ2v) is 11.1. The standard InChI is InChI=1S/C28H31N5O2/c1-18-7-8-22-19(14-34)11-23(31-25(18)22)26(35)30-21-6-3-5-20(12-21)28(13-24-32-29-17-33(24)2)15-27(16-28)9-4-10-27/h3,5-6,11-12,14,17-18H,4,7-10,13,15-16H2,1-2H3,(H,30,35). The zero-order chi connectivity index (χ0) is 24.2. The Bertz CT molecular complexity index is 1310. The number of carbonyl (C=O) groups is 2. The SMILES string of the molecule is CC1CCc2c(C=O)cc(C(=O)Nc3cccc(C4(Cc5nncn5C)CC5(CCC5)C4)c3)nc21. The molecular weight excluding hydrogens is 438 g/mol. The van der Waals surface area contributed by atoms with Gasteiger partial charge in [-0.05, 0) is 79.2 Å². The van der Waals surface area contributed by atoms with Crippen molar-refractivity contribution in [2.24, 2.45) is 12.5 Å². The molecule has 0 saturated heterocycles. The second kappa shape index (κ2) is 8.11. The van der Waals surface area contributed by atoms with E-state index in [2.05, 4.69) is 39.6 Å². The minimum absolute atomic E-state index is 0.00783. The average molecular weight is 470 g/mol. The molecule has 1 atom stereocenters. The number of hydrogen-bond donors (Lipinski definition) is 1. The van der Waals surface area contributed by atoms with Crippen molar-refractivity contribution in [3.63, 3.8) is 0 Å². The van der Waals surface area contributed by atoms with Crippen LogP contribution in [0.4, 0.5) is 5.69 Å². The molecule has 35 heavy (non-hydrogen) atoms. The maximum atomic E-state index is 13.2. The molecule has 7 nitrogen and oxygen atoms in total. The van der Waals surface area contributed by atoms with Crippen molar-refractivity contribution in [3.05, 3.63) is 70.6 Å². The first-order chi connectivity index (χ1) is 16.9. The molecule has 7 heteroatoms. The van der Waals surface area contributed by atoms with Gasteiger partial charge in [-0.1, -0.05) is 25.5 Å². The average Bonchev–Trinajstić information content (AvgIpc) is 3.39. The van der Waals surface area contributed by atoms with Gasteiger partial charge in [0, 0.05) is 35.8 Å². The molecule has 0 aliphatic heterocycles. The van der Waals surface area contributed by atoms with Crippen molar-refractivity contribution in [1.82, 2.24) is 19.7 Å². The minimum atomic E-state index is -0.279. The third kappa shape index (κ3) is 3.68. The van der Waals surface area contributed by atoms with Crippen LogP contribution in [0.15, 0.2) is 36.7 Å². The number of aromatic nitrogens is 4. The predicted molar refractivity (Wildman–Crippen MR) is 133 cm³/mol. The number of anilines is 1. The first-order valence-corrected chi connectivity index (χ1v) is 12.6. The van der Waals surface area contributed by atoms with E-state index in [1.54, 1.807) is 12.4 Å². The molecule has 180 valence electrons. The largest absolute Gasteiger partial charge is 0.321 e. The van der Waals surface area contributed by atoms with E-state index in [0.29, 0.717) is 16.7 Å². The molecule has 1 aromatic carbocycles. The van der Waals surface area contributed by atoms with Gasteiger partial charge in [0.15, 0.2) is 0 Å². The van der Waals surface area contributed by atoms with Gasteiger partial charge in [0.05, 0.1) is 0 Å². The van der Waals surface area contributed by atoms with Gasteiger partial charge in [-0.25, -0.2) is 4.98 Å². The topological polar surface area (TPSA) is 89.8 Å². The van der Waals surface area contributed by atoms with Crippen LogP contribution in [0.25, 0.3) is 0 Å². The van der Waals surface area contributed by atoms with Crippen LogP contribution in [0, 0.1) is 5.41 Å². The molecule has 2 fully saturated rings. The zero-order valence-corrected chi connectivity index (χ0v) is 20.4. The van der Waals surface area contributed by atoms with Gasteiger partial charge in [-0.2, -0.15) is 0 Å². The van der Waals surface area contributed by atoms with Gasteiger partial charge in [0.2, 0.25) is 0 Å². The molecule has 1 spiro atoms. The number of aryl methyl sites for hydroxylation is 1. The number of carbonyl (C=O) groups excluding carboxylic acids is 2. The lowest BCUT2D eigenvalue weighted by molar-refractivity contribution is -0.0500. The zero-order valence-electron chi connectivity index (χ0n) is 20.4. The van der Waals surface area contributed by atoms with E-state index in [0.717, 1.165) is 61.2 Å². The molecule has 0 radical (unpaired) electrons. The van der Waals surface area contributed by atoms with Crippen molar-refractivity contribution >= 4 is 17.9 Å². The van der Waals surface area contributed by atoms with Crippen molar-refractivity contribution in [3.8, 4) is 0 Å². The summed E-state index contributed by atoms with van der Waals surface area (Å²) in [4.78, 5) is 29.5. The Balaban J connectivity index is 1.28. The summed E-state index contributed by atoms with van der Waals surface area (Å²) in [6.45, 7) is 2.10. The smallest absolute Gasteiger partial charge is 0.274 e. The highest BCUT2D eigenvalue weighted by Crippen LogP contribution is 2.65. The Morgan fingerprint density at radius 3 is 2.77 bits per heavy atom. The van der Waals surface area contributed by atoms with E-state index in [9.17, 15) is 9.59 Å². The predicted octanol–water partition coefficient (Wildman–Crippen LogP) is 4.77. The summed E-state index contributed by atoms with van der Waals surface area (Å²) in [5.74, 6) is 0.975. The Morgan fingerprint density at radius 1 is 1.26 bits per heavy atom. The molecular formula is C28H31N5O2.